The van der Waals surface area contributed by atoms with Gasteiger partial charge in [-0.05, 0) is 12.1 Å². The lowest BCUT2D eigenvalue weighted by Gasteiger charge is -2.04. The van der Waals surface area contributed by atoms with Crippen LogP contribution < -0.4 is 4.74 Å². The second-order valence-electron chi connectivity index (χ2n) is 3.13. The summed E-state index contributed by atoms with van der Waals surface area (Å²) in [5.74, 6) is 0.267. The molecule has 1 heterocycles. The van der Waals surface area contributed by atoms with Crippen molar-refractivity contribution < 1.29 is 9.13 Å². The van der Waals surface area contributed by atoms with Crippen LogP contribution in [0.4, 0.5) is 4.39 Å². The van der Waals surface area contributed by atoms with Crippen LogP contribution in [0.1, 0.15) is 5.69 Å². The summed E-state index contributed by atoms with van der Waals surface area (Å²) in [4.78, 5) is 6.86. The number of nitrogens with zero attached hydrogens (tertiary/aromatic N) is 1. The number of hydrogen-bond acceptors (Lipinski definition) is 2. The van der Waals surface area contributed by atoms with Crippen LogP contribution >= 0.6 is 0 Å². The van der Waals surface area contributed by atoms with Gasteiger partial charge < -0.3 is 9.72 Å². The monoisotopic (exact) mass is 206 g/mol. The summed E-state index contributed by atoms with van der Waals surface area (Å²) in [5, 5.41) is 0. The van der Waals surface area contributed by atoms with E-state index in [1.165, 1.54) is 12.1 Å². The van der Waals surface area contributed by atoms with E-state index in [9.17, 15) is 4.39 Å². The molecule has 0 aliphatic rings. The maximum atomic E-state index is 12.8. The van der Waals surface area contributed by atoms with Crippen LogP contribution in [0.2, 0.25) is 0 Å². The van der Waals surface area contributed by atoms with E-state index >= 15 is 0 Å². The molecular formula is C11H11FN2O. The lowest BCUT2D eigenvalue weighted by Crippen LogP contribution is -2.01. The first kappa shape index (κ1) is 9.71. The van der Waals surface area contributed by atoms with E-state index in [0.717, 1.165) is 12.1 Å². The molecule has 2 aromatic rings. The number of aromatic nitrogens is 2. The van der Waals surface area contributed by atoms with Gasteiger partial charge in [0.15, 0.2) is 0 Å². The van der Waals surface area contributed by atoms with Crippen LogP contribution in [-0.2, 0) is 6.42 Å². The minimum Gasteiger partial charge on any atom is -0.493 e. The highest BCUT2D eigenvalue weighted by Gasteiger charge is 1.97. The number of aromatic amines is 1. The van der Waals surface area contributed by atoms with E-state index in [-0.39, 0.29) is 5.82 Å². The second kappa shape index (κ2) is 4.59. The average Bonchev–Trinajstić information content (AvgIpc) is 2.71. The Labute approximate surface area is 86.9 Å². The number of rotatable bonds is 4. The van der Waals surface area contributed by atoms with Crippen molar-refractivity contribution in [2.45, 2.75) is 6.42 Å². The molecule has 0 radical (unpaired) electrons. The van der Waals surface area contributed by atoms with E-state index < -0.39 is 0 Å². The van der Waals surface area contributed by atoms with E-state index in [2.05, 4.69) is 9.97 Å². The molecule has 0 spiro atoms. The van der Waals surface area contributed by atoms with E-state index in [1.54, 1.807) is 24.7 Å². The Balaban J connectivity index is 1.83. The maximum absolute atomic E-state index is 12.8. The van der Waals surface area contributed by atoms with Gasteiger partial charge in [-0.15, -0.1) is 0 Å². The molecule has 0 bridgehead atoms. The number of H-pyrrole nitrogens is 1. The minimum absolute atomic E-state index is 0.283. The molecule has 1 aromatic carbocycles. The topological polar surface area (TPSA) is 37.9 Å². The van der Waals surface area contributed by atoms with Gasteiger partial charge in [-0.3, -0.25) is 0 Å². The van der Waals surface area contributed by atoms with Crippen molar-refractivity contribution in [3.8, 4) is 5.75 Å². The Morgan fingerprint density at radius 1 is 1.40 bits per heavy atom. The Morgan fingerprint density at radius 2 is 2.33 bits per heavy atom. The van der Waals surface area contributed by atoms with Crippen LogP contribution in [0.15, 0.2) is 36.8 Å². The zero-order chi connectivity index (χ0) is 10.5. The zero-order valence-electron chi connectivity index (χ0n) is 8.11. The average molecular weight is 206 g/mol. The molecule has 3 nitrogen and oxygen atoms in total. The molecule has 2 rings (SSSR count). The summed E-state index contributed by atoms with van der Waals surface area (Å²) in [6.07, 6.45) is 4.10. The molecule has 4 heteroatoms. The molecule has 0 saturated carbocycles. The normalized spacial score (nSPS) is 10.2. The van der Waals surface area contributed by atoms with Gasteiger partial charge in [0.05, 0.1) is 12.9 Å². The highest BCUT2D eigenvalue weighted by Crippen LogP contribution is 2.11. The second-order valence-corrected chi connectivity index (χ2v) is 3.13. The smallest absolute Gasteiger partial charge is 0.126 e. The van der Waals surface area contributed by atoms with Gasteiger partial charge in [0, 0.05) is 24.4 Å². The third kappa shape index (κ3) is 2.80. The SMILES string of the molecule is Fc1cccc(OCCc2cnc[nH]2)c1. The summed E-state index contributed by atoms with van der Waals surface area (Å²) < 4.78 is 18.1. The van der Waals surface area contributed by atoms with Crippen LogP contribution in [0.5, 0.6) is 5.75 Å². The molecule has 0 atom stereocenters. The largest absolute Gasteiger partial charge is 0.493 e. The van der Waals surface area contributed by atoms with Crippen molar-refractivity contribution >= 4 is 0 Å². The molecule has 1 aromatic heterocycles. The van der Waals surface area contributed by atoms with Crippen molar-refractivity contribution in [2.24, 2.45) is 0 Å². The summed E-state index contributed by atoms with van der Waals surface area (Å²) in [7, 11) is 0. The minimum atomic E-state index is -0.283. The first-order valence-corrected chi connectivity index (χ1v) is 4.70. The predicted molar refractivity (Wildman–Crippen MR) is 54.2 cm³/mol. The van der Waals surface area contributed by atoms with Crippen molar-refractivity contribution in [1.29, 1.82) is 0 Å². The van der Waals surface area contributed by atoms with Gasteiger partial charge in [0.25, 0.3) is 0 Å². The van der Waals surface area contributed by atoms with E-state index in [4.69, 9.17) is 4.74 Å². The molecule has 0 aliphatic heterocycles. The summed E-state index contributed by atoms with van der Waals surface area (Å²) >= 11 is 0. The van der Waals surface area contributed by atoms with Gasteiger partial charge in [-0.25, -0.2) is 9.37 Å². The summed E-state index contributed by atoms with van der Waals surface area (Å²) in [5.41, 5.74) is 1.01. The van der Waals surface area contributed by atoms with Gasteiger partial charge in [-0.1, -0.05) is 6.07 Å². The third-order valence-corrected chi connectivity index (χ3v) is 1.99. The predicted octanol–water partition coefficient (Wildman–Crippen LogP) is 2.17. The molecule has 0 fully saturated rings. The van der Waals surface area contributed by atoms with Crippen LogP contribution in [0.25, 0.3) is 0 Å². The first-order chi connectivity index (χ1) is 7.34. The number of nitrogens with one attached hydrogen (secondary N) is 1. The molecule has 0 unspecified atom stereocenters. The highest BCUT2D eigenvalue weighted by molar-refractivity contribution is 5.22. The fraction of sp³-hybridized carbons (Fsp3) is 0.182. The summed E-state index contributed by atoms with van der Waals surface area (Å²) in [6, 6.07) is 6.12. The van der Waals surface area contributed by atoms with Crippen LogP contribution in [0, 0.1) is 5.82 Å². The number of halogens is 1. The first-order valence-electron chi connectivity index (χ1n) is 4.70. The molecule has 15 heavy (non-hydrogen) atoms. The number of hydrogen-bond donors (Lipinski definition) is 1. The Hall–Kier alpha value is -1.84. The van der Waals surface area contributed by atoms with Gasteiger partial charge in [0.2, 0.25) is 0 Å². The van der Waals surface area contributed by atoms with E-state index in [0.29, 0.717) is 12.4 Å². The van der Waals surface area contributed by atoms with E-state index in [1.807, 2.05) is 0 Å². The summed E-state index contributed by atoms with van der Waals surface area (Å²) in [6.45, 7) is 0.506. The Morgan fingerprint density at radius 3 is 3.07 bits per heavy atom. The van der Waals surface area contributed by atoms with Crippen molar-refractivity contribution in [3.63, 3.8) is 0 Å². The van der Waals surface area contributed by atoms with Crippen molar-refractivity contribution in [3.05, 3.63) is 48.3 Å². The van der Waals surface area contributed by atoms with Gasteiger partial charge in [-0.2, -0.15) is 0 Å². The molecular weight excluding hydrogens is 195 g/mol. The third-order valence-electron chi connectivity index (χ3n) is 1.99. The van der Waals surface area contributed by atoms with Crippen molar-refractivity contribution in [1.82, 2.24) is 9.97 Å². The fourth-order valence-corrected chi connectivity index (χ4v) is 1.26. The quantitative estimate of drug-likeness (QED) is 0.832. The lowest BCUT2D eigenvalue weighted by atomic mass is 10.3. The van der Waals surface area contributed by atoms with Crippen molar-refractivity contribution in [2.75, 3.05) is 6.61 Å². The Bertz CT molecular complexity index is 414. The van der Waals surface area contributed by atoms with Crippen LogP contribution in [0.3, 0.4) is 0 Å². The molecule has 0 aliphatic carbocycles. The molecule has 78 valence electrons. The fourth-order valence-electron chi connectivity index (χ4n) is 1.26. The molecule has 0 saturated heterocycles. The number of ether oxygens (including phenoxy) is 1. The zero-order valence-corrected chi connectivity index (χ0v) is 8.11. The maximum Gasteiger partial charge on any atom is 0.126 e. The van der Waals surface area contributed by atoms with Gasteiger partial charge >= 0.3 is 0 Å². The van der Waals surface area contributed by atoms with Gasteiger partial charge in [0.1, 0.15) is 11.6 Å². The highest BCUT2D eigenvalue weighted by atomic mass is 19.1. The standard InChI is InChI=1S/C11H11FN2O/c12-9-2-1-3-11(6-9)15-5-4-10-7-13-8-14-10/h1-3,6-8H,4-5H2,(H,13,14). The lowest BCUT2D eigenvalue weighted by molar-refractivity contribution is 0.319. The number of imidazole rings is 1. The molecule has 1 N–H and O–H groups in total. The number of benzene rings is 1. The Kier molecular flexibility index (Phi) is 2.97. The molecule has 0 amide bonds. The van der Waals surface area contributed by atoms with Crippen LogP contribution in [-0.4, -0.2) is 16.6 Å².